The molecule has 0 unspecified atom stereocenters. The highest BCUT2D eigenvalue weighted by Crippen LogP contribution is 2.35. The van der Waals surface area contributed by atoms with Crippen LogP contribution in [0, 0.1) is 11.3 Å². The minimum atomic E-state index is 0. The molecule has 1 rings (SSSR count). The van der Waals surface area contributed by atoms with Crippen LogP contribution in [-0.4, -0.2) is 25.4 Å². The van der Waals surface area contributed by atoms with E-state index in [-0.39, 0.29) is 19.6 Å². The lowest BCUT2D eigenvalue weighted by atomic mass is 9.84. The zero-order valence-corrected chi connectivity index (χ0v) is 13.0. The van der Waals surface area contributed by atoms with E-state index in [2.05, 4.69) is 48.5 Å². The highest BCUT2D eigenvalue weighted by Gasteiger charge is 2.40. The van der Waals surface area contributed by atoms with Crippen LogP contribution in [0.4, 0.5) is 0 Å². The van der Waals surface area contributed by atoms with E-state index in [4.69, 9.17) is 9.47 Å². The van der Waals surface area contributed by atoms with E-state index in [0.29, 0.717) is 17.4 Å². The first-order valence-corrected chi connectivity index (χ1v) is 6.95. The smallest absolute Gasteiger partial charge is 0.0880 e. The predicted molar refractivity (Wildman–Crippen MR) is 81.1 cm³/mol. The molecule has 2 nitrogen and oxygen atoms in total. The number of rotatable bonds is 2. The molecule has 0 aromatic heterocycles. The molecule has 0 radical (unpaired) electrons. The molecule has 2 heteroatoms. The Morgan fingerprint density at radius 2 is 1.56 bits per heavy atom. The molecule has 18 heavy (non-hydrogen) atoms. The quantitative estimate of drug-likeness (QED) is 0.702. The Labute approximate surface area is 115 Å². The summed E-state index contributed by atoms with van der Waals surface area (Å²) in [6, 6.07) is 0. The summed E-state index contributed by atoms with van der Waals surface area (Å²) in [6.07, 6.45) is 3.22. The molecule has 1 aliphatic heterocycles. The first-order chi connectivity index (χ1) is 7.76. The van der Waals surface area contributed by atoms with Crippen LogP contribution < -0.4 is 0 Å². The van der Waals surface area contributed by atoms with E-state index < -0.39 is 0 Å². The zero-order valence-electron chi connectivity index (χ0n) is 13.0. The third-order valence-corrected chi connectivity index (χ3v) is 3.04. The van der Waals surface area contributed by atoms with Gasteiger partial charge in [-0.3, -0.25) is 0 Å². The summed E-state index contributed by atoms with van der Waals surface area (Å²) < 4.78 is 11.4. The Hall–Kier alpha value is -0.0800. The van der Waals surface area contributed by atoms with Crippen molar-refractivity contribution in [2.24, 2.45) is 11.3 Å². The summed E-state index contributed by atoms with van der Waals surface area (Å²) in [6.45, 7) is 15.4. The van der Waals surface area contributed by atoms with Gasteiger partial charge in [-0.2, -0.15) is 0 Å². The van der Waals surface area contributed by atoms with Gasteiger partial charge in [-0.1, -0.05) is 55.4 Å². The fourth-order valence-corrected chi connectivity index (χ4v) is 2.36. The molecule has 0 saturated carbocycles. The summed E-state index contributed by atoms with van der Waals surface area (Å²) in [7, 11) is 1.78. The van der Waals surface area contributed by atoms with Crippen molar-refractivity contribution in [2.75, 3.05) is 7.11 Å². The SMILES string of the molecule is C.CCC.CO[C@@H]1[C@H](C)[C@@H](CC(C)(C)C)O[C@H]1C. The predicted octanol–water partition coefficient (Wildman–Crippen LogP) is 4.91. The van der Waals surface area contributed by atoms with Gasteiger partial charge in [0.05, 0.1) is 18.3 Å². The van der Waals surface area contributed by atoms with Crippen LogP contribution in [0.15, 0.2) is 0 Å². The molecule has 1 heterocycles. The van der Waals surface area contributed by atoms with Gasteiger partial charge in [0.25, 0.3) is 0 Å². The largest absolute Gasteiger partial charge is 0.378 e. The van der Waals surface area contributed by atoms with Crippen molar-refractivity contribution in [3.8, 4) is 0 Å². The van der Waals surface area contributed by atoms with Gasteiger partial charge in [0, 0.05) is 13.0 Å². The summed E-state index contributed by atoms with van der Waals surface area (Å²) in [5.74, 6) is 0.509. The van der Waals surface area contributed by atoms with Crippen LogP contribution in [0.2, 0.25) is 0 Å². The number of ether oxygens (including phenoxy) is 2. The molecule has 0 N–H and O–H groups in total. The molecule has 0 bridgehead atoms. The summed E-state index contributed by atoms with van der Waals surface area (Å²) in [5.41, 5.74) is 0.335. The van der Waals surface area contributed by atoms with Crippen LogP contribution in [-0.2, 0) is 9.47 Å². The van der Waals surface area contributed by atoms with Crippen molar-refractivity contribution in [3.63, 3.8) is 0 Å². The fraction of sp³-hybridized carbons (Fsp3) is 1.00. The topological polar surface area (TPSA) is 18.5 Å². The third kappa shape index (κ3) is 6.75. The molecular formula is C16H36O2. The number of hydrogen-bond donors (Lipinski definition) is 0. The van der Waals surface area contributed by atoms with E-state index in [1.807, 2.05) is 0 Å². The Morgan fingerprint density at radius 1 is 1.11 bits per heavy atom. The van der Waals surface area contributed by atoms with E-state index in [1.54, 1.807) is 7.11 Å². The zero-order chi connectivity index (χ0) is 13.6. The van der Waals surface area contributed by atoms with Gasteiger partial charge in [-0.15, -0.1) is 0 Å². The van der Waals surface area contributed by atoms with Crippen molar-refractivity contribution in [1.29, 1.82) is 0 Å². The molecule has 4 atom stereocenters. The third-order valence-electron chi connectivity index (χ3n) is 3.04. The maximum atomic E-state index is 5.93. The minimum Gasteiger partial charge on any atom is -0.378 e. The summed E-state index contributed by atoms with van der Waals surface area (Å²) in [4.78, 5) is 0. The molecular weight excluding hydrogens is 224 g/mol. The van der Waals surface area contributed by atoms with Gasteiger partial charge in [-0.05, 0) is 18.8 Å². The highest BCUT2D eigenvalue weighted by atomic mass is 16.6. The Balaban J connectivity index is 0. The van der Waals surface area contributed by atoms with Gasteiger partial charge in [0.2, 0.25) is 0 Å². The monoisotopic (exact) mass is 260 g/mol. The van der Waals surface area contributed by atoms with E-state index in [0.717, 1.165) is 6.42 Å². The van der Waals surface area contributed by atoms with Crippen molar-refractivity contribution in [1.82, 2.24) is 0 Å². The minimum absolute atomic E-state index is 0. The van der Waals surface area contributed by atoms with Crippen LogP contribution in [0.5, 0.6) is 0 Å². The molecule has 1 aliphatic rings. The molecule has 0 aliphatic carbocycles. The second-order valence-electron chi connectivity index (χ2n) is 6.41. The fourth-order valence-electron chi connectivity index (χ4n) is 2.36. The first-order valence-electron chi connectivity index (χ1n) is 6.95. The van der Waals surface area contributed by atoms with Crippen LogP contribution in [0.3, 0.4) is 0 Å². The Bertz CT molecular complexity index is 196. The first kappa shape index (κ1) is 20.2. The molecule has 0 aromatic carbocycles. The van der Waals surface area contributed by atoms with E-state index >= 15 is 0 Å². The lowest BCUT2D eigenvalue weighted by Crippen LogP contribution is -2.27. The average molecular weight is 260 g/mol. The van der Waals surface area contributed by atoms with Crippen LogP contribution >= 0.6 is 0 Å². The normalized spacial score (nSPS) is 31.3. The molecule has 0 amide bonds. The van der Waals surface area contributed by atoms with Gasteiger partial charge in [-0.25, -0.2) is 0 Å². The molecule has 112 valence electrons. The maximum absolute atomic E-state index is 5.93. The average Bonchev–Trinajstić information content (AvgIpc) is 2.40. The number of methoxy groups -OCH3 is 1. The Kier molecular flexibility index (Phi) is 10.0. The molecule has 1 saturated heterocycles. The van der Waals surface area contributed by atoms with Crippen molar-refractivity contribution in [3.05, 3.63) is 0 Å². The van der Waals surface area contributed by atoms with E-state index in [1.165, 1.54) is 6.42 Å². The summed E-state index contributed by atoms with van der Waals surface area (Å²) >= 11 is 0. The lowest BCUT2D eigenvalue weighted by molar-refractivity contribution is -0.00387. The van der Waals surface area contributed by atoms with Crippen molar-refractivity contribution < 1.29 is 9.47 Å². The van der Waals surface area contributed by atoms with Gasteiger partial charge in [0.1, 0.15) is 0 Å². The standard InChI is InChI=1S/C12H24O2.C3H8.CH4/c1-8-10(7-12(3,4)5)14-9(2)11(8)13-6;1-3-2;/h8-11H,7H2,1-6H3;3H2,1-2H3;1H4/t8-,9+,10-,11-;;/m1../s1. The van der Waals surface area contributed by atoms with E-state index in [9.17, 15) is 0 Å². The second kappa shape index (κ2) is 8.92. The van der Waals surface area contributed by atoms with Gasteiger partial charge >= 0.3 is 0 Å². The Morgan fingerprint density at radius 3 is 1.83 bits per heavy atom. The van der Waals surface area contributed by atoms with Gasteiger partial charge < -0.3 is 9.47 Å². The van der Waals surface area contributed by atoms with Gasteiger partial charge in [0.15, 0.2) is 0 Å². The highest BCUT2D eigenvalue weighted by molar-refractivity contribution is 4.88. The van der Waals surface area contributed by atoms with Crippen LogP contribution in [0.1, 0.15) is 68.7 Å². The number of hydrogen-bond acceptors (Lipinski definition) is 2. The molecule has 0 spiro atoms. The second-order valence-corrected chi connectivity index (χ2v) is 6.41. The maximum Gasteiger partial charge on any atom is 0.0880 e. The van der Waals surface area contributed by atoms with Crippen LogP contribution in [0.25, 0.3) is 0 Å². The molecule has 1 fully saturated rings. The van der Waals surface area contributed by atoms with Crippen molar-refractivity contribution in [2.45, 2.75) is 87.0 Å². The molecule has 0 aromatic rings. The van der Waals surface area contributed by atoms with Crippen molar-refractivity contribution >= 4 is 0 Å². The lowest BCUT2D eigenvalue weighted by Gasteiger charge is -2.25. The summed E-state index contributed by atoms with van der Waals surface area (Å²) in [5, 5.41) is 0.